The number of aryl methyl sites for hydroxylation is 1. The van der Waals surface area contributed by atoms with Crippen LogP contribution in [0.3, 0.4) is 0 Å². The van der Waals surface area contributed by atoms with Crippen molar-refractivity contribution in [3.05, 3.63) is 35.1 Å². The van der Waals surface area contributed by atoms with E-state index in [0.29, 0.717) is 11.6 Å². The van der Waals surface area contributed by atoms with Crippen LogP contribution in [-0.4, -0.2) is 22.7 Å². The Kier molecular flexibility index (Phi) is 5.00. The maximum atomic E-state index is 13.2. The third kappa shape index (κ3) is 4.27. The maximum absolute atomic E-state index is 13.2. The van der Waals surface area contributed by atoms with Crippen LogP contribution in [0.1, 0.15) is 17.8 Å². The van der Waals surface area contributed by atoms with E-state index in [4.69, 9.17) is 4.74 Å². The predicted molar refractivity (Wildman–Crippen MR) is 74.4 cm³/mol. The van der Waals surface area contributed by atoms with Gasteiger partial charge in [-0.2, -0.15) is 0 Å². The molecule has 0 fully saturated rings. The monoisotopic (exact) mass is 295 g/mol. The molecule has 0 bridgehead atoms. The van der Waals surface area contributed by atoms with E-state index in [1.54, 1.807) is 18.2 Å². The van der Waals surface area contributed by atoms with Gasteiger partial charge in [-0.1, -0.05) is 23.5 Å². The first-order valence-corrected chi connectivity index (χ1v) is 6.94. The van der Waals surface area contributed by atoms with Crippen molar-refractivity contribution >= 4 is 22.4 Å². The van der Waals surface area contributed by atoms with E-state index < -0.39 is 5.82 Å². The Morgan fingerprint density at radius 2 is 2.20 bits per heavy atom. The van der Waals surface area contributed by atoms with Crippen LogP contribution in [0.4, 0.5) is 9.52 Å². The number of benzene rings is 1. The zero-order valence-corrected chi connectivity index (χ0v) is 11.7. The van der Waals surface area contributed by atoms with Gasteiger partial charge in [-0.05, 0) is 25.5 Å². The van der Waals surface area contributed by atoms with E-state index in [9.17, 15) is 9.18 Å². The summed E-state index contributed by atoms with van der Waals surface area (Å²) in [6, 6.07) is 6.18. The first kappa shape index (κ1) is 14.4. The molecule has 2 rings (SSSR count). The summed E-state index contributed by atoms with van der Waals surface area (Å²) in [6.07, 6.45) is 0.783. The van der Waals surface area contributed by atoms with Gasteiger partial charge in [0.05, 0.1) is 6.61 Å². The molecule has 1 aromatic carbocycles. The van der Waals surface area contributed by atoms with Gasteiger partial charge in [0, 0.05) is 6.42 Å². The lowest BCUT2D eigenvalue weighted by molar-refractivity contribution is -0.116. The molecule has 0 saturated carbocycles. The van der Waals surface area contributed by atoms with Gasteiger partial charge in [0.1, 0.15) is 5.01 Å². The summed E-state index contributed by atoms with van der Waals surface area (Å²) in [5, 5.41) is 11.5. The van der Waals surface area contributed by atoms with E-state index >= 15 is 0 Å². The third-order valence-corrected chi connectivity index (χ3v) is 3.17. The van der Waals surface area contributed by atoms with Gasteiger partial charge in [-0.3, -0.25) is 4.79 Å². The number of carbonyl (C=O) groups excluding carboxylic acids is 1. The number of nitrogens with one attached hydrogen (secondary N) is 1. The zero-order valence-electron chi connectivity index (χ0n) is 10.9. The Bertz CT molecular complexity index is 589. The van der Waals surface area contributed by atoms with Crippen molar-refractivity contribution in [2.24, 2.45) is 0 Å². The quantitative estimate of drug-likeness (QED) is 0.832. The third-order valence-electron chi connectivity index (χ3n) is 2.41. The Balaban J connectivity index is 1.68. The number of ether oxygens (including phenoxy) is 1. The number of carbonyl (C=O) groups is 1. The van der Waals surface area contributed by atoms with E-state index in [1.165, 1.54) is 17.4 Å². The molecular formula is C13H14FN3O2S. The Labute approximate surface area is 119 Å². The average Bonchev–Trinajstić information content (AvgIpc) is 2.82. The van der Waals surface area contributed by atoms with Crippen molar-refractivity contribution in [2.45, 2.75) is 19.8 Å². The highest BCUT2D eigenvalue weighted by atomic mass is 32.1. The van der Waals surface area contributed by atoms with Gasteiger partial charge in [0.2, 0.25) is 11.0 Å². The smallest absolute Gasteiger partial charge is 0.226 e. The molecule has 1 heterocycles. The lowest BCUT2D eigenvalue weighted by Gasteiger charge is -2.06. The molecule has 0 aliphatic heterocycles. The van der Waals surface area contributed by atoms with Crippen molar-refractivity contribution in [1.29, 1.82) is 0 Å². The fourth-order valence-electron chi connectivity index (χ4n) is 1.51. The molecule has 7 heteroatoms. The first-order valence-electron chi connectivity index (χ1n) is 6.12. The molecular weight excluding hydrogens is 281 g/mol. The van der Waals surface area contributed by atoms with Gasteiger partial charge in [0.15, 0.2) is 11.6 Å². The second-order valence-corrected chi connectivity index (χ2v) is 5.24. The lowest BCUT2D eigenvalue weighted by Crippen LogP contribution is -2.12. The van der Waals surface area contributed by atoms with Gasteiger partial charge in [0.25, 0.3) is 0 Å². The van der Waals surface area contributed by atoms with Crippen LogP contribution in [0, 0.1) is 12.7 Å². The molecule has 0 spiro atoms. The molecule has 0 aliphatic carbocycles. The molecule has 0 unspecified atom stereocenters. The summed E-state index contributed by atoms with van der Waals surface area (Å²) in [6.45, 7) is 2.10. The molecule has 5 nitrogen and oxygen atoms in total. The Hall–Kier alpha value is -2.02. The molecule has 1 aromatic heterocycles. The highest BCUT2D eigenvalue weighted by Gasteiger charge is 2.07. The van der Waals surface area contributed by atoms with Crippen molar-refractivity contribution in [2.75, 3.05) is 11.9 Å². The fraction of sp³-hybridized carbons (Fsp3) is 0.308. The summed E-state index contributed by atoms with van der Waals surface area (Å²) >= 11 is 1.32. The maximum Gasteiger partial charge on any atom is 0.226 e. The summed E-state index contributed by atoms with van der Waals surface area (Å²) in [7, 11) is 0. The van der Waals surface area contributed by atoms with E-state index in [1.807, 2.05) is 6.92 Å². The number of nitrogens with zero attached hydrogens (tertiary/aromatic N) is 2. The number of para-hydroxylation sites is 1. The molecule has 1 amide bonds. The standard InChI is InChI=1S/C13H14FN3O2S/c1-9-16-17-13(20-9)15-12(18)7-4-8-19-11-6-3-2-5-10(11)14/h2-3,5-6H,4,7-8H2,1H3,(H,15,17,18). The van der Waals surface area contributed by atoms with Crippen molar-refractivity contribution < 1.29 is 13.9 Å². The number of aromatic nitrogens is 2. The predicted octanol–water partition coefficient (Wildman–Crippen LogP) is 2.78. The van der Waals surface area contributed by atoms with Crippen LogP contribution in [0.15, 0.2) is 24.3 Å². The molecule has 2 aromatic rings. The number of halogens is 1. The minimum Gasteiger partial charge on any atom is -0.491 e. The molecule has 0 radical (unpaired) electrons. The van der Waals surface area contributed by atoms with Crippen LogP contribution in [0.25, 0.3) is 0 Å². The topological polar surface area (TPSA) is 64.1 Å². The molecule has 106 valence electrons. The summed E-state index contributed by atoms with van der Waals surface area (Å²) in [5.74, 6) is -0.354. The number of hydrogen-bond acceptors (Lipinski definition) is 5. The SMILES string of the molecule is Cc1nnc(NC(=O)CCCOc2ccccc2F)s1. The number of hydrogen-bond donors (Lipinski definition) is 1. The minimum atomic E-state index is -0.402. The van der Waals surface area contributed by atoms with Crippen LogP contribution in [0.2, 0.25) is 0 Å². The zero-order chi connectivity index (χ0) is 14.4. The van der Waals surface area contributed by atoms with Crippen molar-refractivity contribution in [3.63, 3.8) is 0 Å². The van der Waals surface area contributed by atoms with Crippen LogP contribution >= 0.6 is 11.3 Å². The largest absolute Gasteiger partial charge is 0.491 e. The highest BCUT2D eigenvalue weighted by molar-refractivity contribution is 7.15. The number of rotatable bonds is 6. The summed E-state index contributed by atoms with van der Waals surface area (Å²) < 4.78 is 18.5. The second-order valence-electron chi connectivity index (χ2n) is 4.06. The van der Waals surface area contributed by atoms with Gasteiger partial charge < -0.3 is 10.1 Å². The number of anilines is 1. The summed E-state index contributed by atoms with van der Waals surface area (Å²) in [4.78, 5) is 11.6. The molecule has 0 saturated heterocycles. The molecule has 0 atom stereocenters. The molecule has 0 aliphatic rings. The van der Waals surface area contributed by atoms with E-state index in [-0.39, 0.29) is 24.7 Å². The fourth-order valence-corrected chi connectivity index (χ4v) is 2.11. The normalized spacial score (nSPS) is 10.3. The van der Waals surface area contributed by atoms with Crippen molar-refractivity contribution in [1.82, 2.24) is 10.2 Å². The first-order chi connectivity index (χ1) is 9.65. The van der Waals surface area contributed by atoms with Crippen LogP contribution in [-0.2, 0) is 4.79 Å². The van der Waals surface area contributed by atoms with E-state index in [2.05, 4.69) is 15.5 Å². The Morgan fingerprint density at radius 1 is 1.40 bits per heavy atom. The molecule has 20 heavy (non-hydrogen) atoms. The van der Waals surface area contributed by atoms with Gasteiger partial charge in [-0.25, -0.2) is 4.39 Å². The van der Waals surface area contributed by atoms with Gasteiger partial charge in [-0.15, -0.1) is 10.2 Å². The highest BCUT2D eigenvalue weighted by Crippen LogP contribution is 2.16. The van der Waals surface area contributed by atoms with Crippen LogP contribution < -0.4 is 10.1 Å². The van der Waals surface area contributed by atoms with Gasteiger partial charge >= 0.3 is 0 Å². The lowest BCUT2D eigenvalue weighted by atomic mass is 10.3. The minimum absolute atomic E-state index is 0.154. The Morgan fingerprint density at radius 3 is 2.90 bits per heavy atom. The van der Waals surface area contributed by atoms with E-state index in [0.717, 1.165) is 5.01 Å². The van der Waals surface area contributed by atoms with Crippen LogP contribution in [0.5, 0.6) is 5.75 Å². The second kappa shape index (κ2) is 6.95. The molecule has 1 N–H and O–H groups in total. The number of amides is 1. The average molecular weight is 295 g/mol. The summed E-state index contributed by atoms with van der Waals surface area (Å²) in [5.41, 5.74) is 0. The van der Waals surface area contributed by atoms with Crippen molar-refractivity contribution in [3.8, 4) is 5.75 Å².